The summed E-state index contributed by atoms with van der Waals surface area (Å²) in [4.78, 5) is 12.1. The number of hydrogen-bond acceptors (Lipinski definition) is 3. The highest BCUT2D eigenvalue weighted by atomic mass is 16.5. The van der Waals surface area contributed by atoms with Gasteiger partial charge < -0.3 is 15.4 Å². The molecule has 112 valence electrons. The van der Waals surface area contributed by atoms with Crippen LogP contribution in [0.5, 0.6) is 0 Å². The van der Waals surface area contributed by atoms with E-state index in [0.29, 0.717) is 24.6 Å². The van der Waals surface area contributed by atoms with Crippen molar-refractivity contribution in [3.63, 3.8) is 0 Å². The van der Waals surface area contributed by atoms with Gasteiger partial charge in [-0.2, -0.15) is 0 Å². The van der Waals surface area contributed by atoms with Gasteiger partial charge in [0.1, 0.15) is 0 Å². The molecular weight excluding hydrogens is 252 g/mol. The summed E-state index contributed by atoms with van der Waals surface area (Å²) in [5.74, 6) is 0.581. The second-order valence-electron chi connectivity index (χ2n) is 5.35. The Morgan fingerprint density at radius 2 is 2.05 bits per heavy atom. The summed E-state index contributed by atoms with van der Waals surface area (Å²) < 4.78 is 5.48. The van der Waals surface area contributed by atoms with Crippen LogP contribution in [0.25, 0.3) is 0 Å². The van der Waals surface area contributed by atoms with Crippen LogP contribution in [0.4, 0.5) is 5.69 Å². The predicted molar refractivity (Wildman–Crippen MR) is 83.3 cm³/mol. The molecule has 0 saturated carbocycles. The molecule has 1 amide bonds. The van der Waals surface area contributed by atoms with E-state index in [1.807, 2.05) is 32.2 Å². The highest BCUT2D eigenvalue weighted by molar-refractivity contribution is 5.99. The maximum Gasteiger partial charge on any atom is 0.253 e. The van der Waals surface area contributed by atoms with E-state index in [1.54, 1.807) is 0 Å². The Hall–Kier alpha value is -1.55. The summed E-state index contributed by atoms with van der Waals surface area (Å²) in [5.41, 5.74) is 2.64. The molecule has 2 N–H and O–H groups in total. The standard InChI is InChI=1S/C16H26N2O2/c1-12(2)7-9-20-10-8-18-16(19)14-6-5-13(3)11-15(14)17-4/h5-6,11-12,17H,7-10H2,1-4H3,(H,18,19). The molecule has 0 aromatic heterocycles. The molecule has 1 rings (SSSR count). The molecule has 0 bridgehead atoms. The molecule has 0 unspecified atom stereocenters. The van der Waals surface area contributed by atoms with E-state index in [4.69, 9.17) is 4.74 Å². The van der Waals surface area contributed by atoms with Crippen LogP contribution in [-0.4, -0.2) is 32.7 Å². The number of anilines is 1. The van der Waals surface area contributed by atoms with Crippen molar-refractivity contribution < 1.29 is 9.53 Å². The molecule has 0 fully saturated rings. The number of rotatable bonds is 8. The molecule has 4 heteroatoms. The normalized spacial score (nSPS) is 10.7. The third-order valence-corrected chi connectivity index (χ3v) is 3.06. The molecule has 0 saturated heterocycles. The topological polar surface area (TPSA) is 50.4 Å². The lowest BCUT2D eigenvalue weighted by molar-refractivity contribution is 0.0906. The van der Waals surface area contributed by atoms with Gasteiger partial charge >= 0.3 is 0 Å². The Morgan fingerprint density at radius 1 is 1.30 bits per heavy atom. The van der Waals surface area contributed by atoms with Gasteiger partial charge in [0.25, 0.3) is 5.91 Å². The Balaban J connectivity index is 2.36. The number of hydrogen-bond donors (Lipinski definition) is 2. The number of benzene rings is 1. The fraction of sp³-hybridized carbons (Fsp3) is 0.562. The Kier molecular flexibility index (Phi) is 7.09. The van der Waals surface area contributed by atoms with Crippen LogP contribution in [0.1, 0.15) is 36.2 Å². The van der Waals surface area contributed by atoms with E-state index in [2.05, 4.69) is 24.5 Å². The van der Waals surface area contributed by atoms with Gasteiger partial charge in [0.05, 0.1) is 12.2 Å². The number of carbonyl (C=O) groups is 1. The summed E-state index contributed by atoms with van der Waals surface area (Å²) in [6, 6.07) is 5.75. The Bertz CT molecular complexity index is 430. The first-order chi connectivity index (χ1) is 9.54. The van der Waals surface area contributed by atoms with Crippen molar-refractivity contribution >= 4 is 11.6 Å². The van der Waals surface area contributed by atoms with Crippen molar-refractivity contribution in [3.8, 4) is 0 Å². The quantitative estimate of drug-likeness (QED) is 0.719. The van der Waals surface area contributed by atoms with Crippen LogP contribution in [-0.2, 0) is 4.74 Å². The summed E-state index contributed by atoms with van der Waals surface area (Å²) in [7, 11) is 1.82. The summed E-state index contributed by atoms with van der Waals surface area (Å²) >= 11 is 0. The van der Waals surface area contributed by atoms with E-state index in [0.717, 1.165) is 24.3 Å². The molecule has 0 atom stereocenters. The van der Waals surface area contributed by atoms with Crippen LogP contribution >= 0.6 is 0 Å². The average molecular weight is 278 g/mol. The Labute approximate surface area is 121 Å². The van der Waals surface area contributed by atoms with Crippen molar-refractivity contribution in [1.29, 1.82) is 0 Å². The average Bonchev–Trinajstić information content (AvgIpc) is 2.41. The number of carbonyl (C=O) groups excluding carboxylic acids is 1. The second-order valence-corrected chi connectivity index (χ2v) is 5.35. The molecular formula is C16H26N2O2. The first-order valence-electron chi connectivity index (χ1n) is 7.19. The van der Waals surface area contributed by atoms with Crippen molar-refractivity contribution in [2.45, 2.75) is 27.2 Å². The fourth-order valence-corrected chi connectivity index (χ4v) is 1.82. The molecule has 0 spiro atoms. The van der Waals surface area contributed by atoms with Crippen LogP contribution in [0.3, 0.4) is 0 Å². The first-order valence-corrected chi connectivity index (χ1v) is 7.19. The predicted octanol–water partition coefficient (Wildman–Crippen LogP) is 2.83. The van der Waals surface area contributed by atoms with Crippen LogP contribution in [0.2, 0.25) is 0 Å². The van der Waals surface area contributed by atoms with Crippen molar-refractivity contribution in [1.82, 2.24) is 5.32 Å². The smallest absolute Gasteiger partial charge is 0.253 e. The van der Waals surface area contributed by atoms with E-state index >= 15 is 0 Å². The fourth-order valence-electron chi connectivity index (χ4n) is 1.82. The maximum atomic E-state index is 12.1. The lowest BCUT2D eigenvalue weighted by Gasteiger charge is -2.11. The molecule has 1 aromatic rings. The third-order valence-electron chi connectivity index (χ3n) is 3.06. The molecule has 0 aliphatic rings. The minimum atomic E-state index is -0.0678. The highest BCUT2D eigenvalue weighted by Gasteiger charge is 2.09. The van der Waals surface area contributed by atoms with Gasteiger partial charge in [-0.3, -0.25) is 4.79 Å². The number of ether oxygens (including phenoxy) is 1. The lowest BCUT2D eigenvalue weighted by atomic mass is 10.1. The SMILES string of the molecule is CNc1cc(C)ccc1C(=O)NCCOCCC(C)C. The summed E-state index contributed by atoms with van der Waals surface area (Å²) in [6.45, 7) is 8.18. The van der Waals surface area contributed by atoms with E-state index in [1.165, 1.54) is 0 Å². The highest BCUT2D eigenvalue weighted by Crippen LogP contribution is 2.16. The lowest BCUT2D eigenvalue weighted by Crippen LogP contribution is -2.28. The zero-order valence-electron chi connectivity index (χ0n) is 13.0. The van der Waals surface area contributed by atoms with E-state index in [9.17, 15) is 4.79 Å². The Morgan fingerprint density at radius 3 is 2.70 bits per heavy atom. The van der Waals surface area contributed by atoms with E-state index < -0.39 is 0 Å². The largest absolute Gasteiger partial charge is 0.387 e. The monoisotopic (exact) mass is 278 g/mol. The maximum absolute atomic E-state index is 12.1. The molecule has 0 radical (unpaired) electrons. The number of aryl methyl sites for hydroxylation is 1. The van der Waals surface area contributed by atoms with Gasteiger partial charge in [-0.15, -0.1) is 0 Å². The van der Waals surface area contributed by atoms with Crippen molar-refractivity contribution in [3.05, 3.63) is 29.3 Å². The molecule has 1 aromatic carbocycles. The van der Waals surface area contributed by atoms with Crippen LogP contribution in [0.15, 0.2) is 18.2 Å². The summed E-state index contributed by atoms with van der Waals surface area (Å²) in [5, 5.41) is 5.93. The third kappa shape index (κ3) is 5.61. The van der Waals surface area contributed by atoms with Gasteiger partial charge in [-0.05, 0) is 37.0 Å². The first kappa shape index (κ1) is 16.5. The number of nitrogens with one attached hydrogen (secondary N) is 2. The van der Waals surface area contributed by atoms with Crippen LogP contribution < -0.4 is 10.6 Å². The van der Waals surface area contributed by atoms with Gasteiger partial charge in [-0.1, -0.05) is 19.9 Å². The molecule has 0 aliphatic carbocycles. The molecule has 4 nitrogen and oxygen atoms in total. The second kappa shape index (κ2) is 8.59. The van der Waals surface area contributed by atoms with Crippen molar-refractivity contribution in [2.24, 2.45) is 5.92 Å². The van der Waals surface area contributed by atoms with Gasteiger partial charge in [0, 0.05) is 25.9 Å². The van der Waals surface area contributed by atoms with Gasteiger partial charge in [-0.25, -0.2) is 0 Å². The van der Waals surface area contributed by atoms with Gasteiger partial charge in [0.15, 0.2) is 0 Å². The minimum Gasteiger partial charge on any atom is -0.387 e. The van der Waals surface area contributed by atoms with Crippen molar-refractivity contribution in [2.75, 3.05) is 32.1 Å². The zero-order valence-corrected chi connectivity index (χ0v) is 13.0. The molecule has 0 aliphatic heterocycles. The zero-order chi connectivity index (χ0) is 15.0. The van der Waals surface area contributed by atoms with E-state index in [-0.39, 0.29) is 5.91 Å². The van der Waals surface area contributed by atoms with Gasteiger partial charge in [0.2, 0.25) is 0 Å². The van der Waals surface area contributed by atoms with Crippen LogP contribution in [0, 0.1) is 12.8 Å². The molecule has 0 heterocycles. The summed E-state index contributed by atoms with van der Waals surface area (Å²) in [6.07, 6.45) is 1.05. The minimum absolute atomic E-state index is 0.0678. The number of amides is 1. The molecule has 20 heavy (non-hydrogen) atoms.